The van der Waals surface area contributed by atoms with Crippen LogP contribution < -0.4 is 20.1 Å². The van der Waals surface area contributed by atoms with Crippen LogP contribution in [-0.2, 0) is 0 Å². The number of benzene rings is 2. The van der Waals surface area contributed by atoms with E-state index in [2.05, 4.69) is 10.6 Å². The molecule has 0 fully saturated rings. The van der Waals surface area contributed by atoms with Crippen LogP contribution in [0.3, 0.4) is 0 Å². The van der Waals surface area contributed by atoms with Crippen molar-refractivity contribution in [2.24, 2.45) is 0 Å². The molecule has 0 bridgehead atoms. The predicted molar refractivity (Wildman–Crippen MR) is 109 cm³/mol. The Labute approximate surface area is 166 Å². The van der Waals surface area contributed by atoms with Crippen LogP contribution in [0.1, 0.15) is 42.1 Å². The Hall–Kier alpha value is -2.40. The van der Waals surface area contributed by atoms with E-state index in [0.717, 1.165) is 33.0 Å². The summed E-state index contributed by atoms with van der Waals surface area (Å²) in [6.07, 6.45) is 0. The molecule has 0 radical (unpaired) electrons. The minimum absolute atomic E-state index is 0.0607. The van der Waals surface area contributed by atoms with Crippen LogP contribution in [0.5, 0.6) is 11.5 Å². The molecule has 0 heterocycles. The zero-order valence-corrected chi connectivity index (χ0v) is 17.2. The van der Waals surface area contributed by atoms with Crippen molar-refractivity contribution in [2.45, 2.75) is 40.7 Å². The summed E-state index contributed by atoms with van der Waals surface area (Å²) in [5.74, 6) is 1.44. The van der Waals surface area contributed by atoms with Gasteiger partial charge in [0.1, 0.15) is 11.5 Å². The summed E-state index contributed by atoms with van der Waals surface area (Å²) in [4.78, 5) is 12.2. The summed E-state index contributed by atoms with van der Waals surface area (Å²) in [7, 11) is 0. The Kier molecular flexibility index (Phi) is 7.36. The molecule has 5 nitrogen and oxygen atoms in total. The van der Waals surface area contributed by atoms with Crippen LogP contribution in [0.2, 0.25) is 5.02 Å². The number of amides is 2. The Morgan fingerprint density at radius 1 is 1.11 bits per heavy atom. The van der Waals surface area contributed by atoms with Crippen molar-refractivity contribution >= 4 is 17.6 Å². The fourth-order valence-corrected chi connectivity index (χ4v) is 2.90. The summed E-state index contributed by atoms with van der Waals surface area (Å²) < 4.78 is 11.3. The van der Waals surface area contributed by atoms with Gasteiger partial charge < -0.3 is 20.1 Å². The summed E-state index contributed by atoms with van der Waals surface area (Å²) >= 11 is 6.15. The summed E-state index contributed by atoms with van der Waals surface area (Å²) in [5, 5.41) is 6.34. The number of carbonyl (C=O) groups excluding carboxylic acids is 1. The molecule has 146 valence electrons. The van der Waals surface area contributed by atoms with Crippen LogP contribution >= 0.6 is 11.6 Å². The first-order valence-corrected chi connectivity index (χ1v) is 9.36. The van der Waals surface area contributed by atoms with Gasteiger partial charge in [0.25, 0.3) is 0 Å². The monoisotopic (exact) mass is 390 g/mol. The van der Waals surface area contributed by atoms with Crippen molar-refractivity contribution in [3.63, 3.8) is 0 Å². The van der Waals surface area contributed by atoms with Crippen LogP contribution in [0, 0.1) is 20.8 Å². The smallest absolute Gasteiger partial charge is 0.317 e. The van der Waals surface area contributed by atoms with Crippen LogP contribution in [-0.4, -0.2) is 19.4 Å². The van der Waals surface area contributed by atoms with Gasteiger partial charge in [0.2, 0.25) is 0 Å². The number of urea groups is 1. The highest BCUT2D eigenvalue weighted by Crippen LogP contribution is 2.27. The van der Waals surface area contributed by atoms with E-state index < -0.39 is 0 Å². The molecule has 0 aliphatic rings. The van der Waals surface area contributed by atoms with E-state index in [4.69, 9.17) is 21.1 Å². The fraction of sp³-hybridized carbons (Fsp3) is 0.381. The molecule has 27 heavy (non-hydrogen) atoms. The Balaban J connectivity index is 1.91. The molecular formula is C21H27ClN2O3. The minimum atomic E-state index is -0.311. The number of nitrogens with one attached hydrogen (secondary N) is 2. The summed E-state index contributed by atoms with van der Waals surface area (Å²) in [5.41, 5.74) is 3.93. The quantitative estimate of drug-likeness (QED) is 0.649. The molecule has 0 aromatic heterocycles. The lowest BCUT2D eigenvalue weighted by Gasteiger charge is -2.19. The second kappa shape index (κ2) is 9.51. The Morgan fingerprint density at radius 2 is 1.78 bits per heavy atom. The van der Waals surface area contributed by atoms with Crippen LogP contribution in [0.4, 0.5) is 4.79 Å². The van der Waals surface area contributed by atoms with Gasteiger partial charge in [-0.05, 0) is 63.9 Å². The van der Waals surface area contributed by atoms with E-state index in [9.17, 15) is 4.79 Å². The Bertz CT molecular complexity index is 785. The normalized spacial score (nSPS) is 11.6. The average molecular weight is 391 g/mol. The van der Waals surface area contributed by atoms with E-state index >= 15 is 0 Å². The molecule has 6 heteroatoms. The molecule has 0 aliphatic carbocycles. The second-order valence-electron chi connectivity index (χ2n) is 6.51. The number of hydrogen-bond donors (Lipinski definition) is 2. The number of aryl methyl sites for hydroxylation is 3. The van der Waals surface area contributed by atoms with Crippen LogP contribution in [0.25, 0.3) is 0 Å². The van der Waals surface area contributed by atoms with E-state index in [1.54, 1.807) is 0 Å². The fourth-order valence-electron chi connectivity index (χ4n) is 2.79. The first-order chi connectivity index (χ1) is 12.8. The first kappa shape index (κ1) is 20.9. The first-order valence-electron chi connectivity index (χ1n) is 8.99. The molecule has 2 aromatic carbocycles. The highest BCUT2D eigenvalue weighted by molar-refractivity contribution is 6.32. The largest absolute Gasteiger partial charge is 0.494 e. The maximum atomic E-state index is 12.2. The third kappa shape index (κ3) is 5.79. The third-order valence-corrected chi connectivity index (χ3v) is 4.76. The van der Waals surface area contributed by atoms with Gasteiger partial charge in [-0.3, -0.25) is 0 Å². The lowest BCUT2D eigenvalue weighted by atomic mass is 10.0. The highest BCUT2D eigenvalue weighted by Gasteiger charge is 2.14. The average Bonchev–Trinajstić information content (AvgIpc) is 2.61. The van der Waals surface area contributed by atoms with Gasteiger partial charge in [0, 0.05) is 10.6 Å². The van der Waals surface area contributed by atoms with Gasteiger partial charge in [0.15, 0.2) is 6.73 Å². The number of hydrogen-bond acceptors (Lipinski definition) is 3. The van der Waals surface area contributed by atoms with Gasteiger partial charge >= 0.3 is 6.03 Å². The topological polar surface area (TPSA) is 59.6 Å². The molecule has 2 aromatic rings. The van der Waals surface area contributed by atoms with E-state index in [1.165, 1.54) is 0 Å². The van der Waals surface area contributed by atoms with E-state index in [0.29, 0.717) is 12.4 Å². The van der Waals surface area contributed by atoms with Crippen molar-refractivity contribution < 1.29 is 14.3 Å². The summed E-state index contributed by atoms with van der Waals surface area (Å²) in [6, 6.07) is 9.12. The molecule has 0 spiro atoms. The van der Waals surface area contributed by atoms with Crippen molar-refractivity contribution in [2.75, 3.05) is 13.3 Å². The summed E-state index contributed by atoms with van der Waals surface area (Å²) in [6.45, 7) is 10.3. The van der Waals surface area contributed by atoms with Gasteiger partial charge in [0.05, 0.1) is 12.6 Å². The van der Waals surface area contributed by atoms with Gasteiger partial charge in [-0.15, -0.1) is 0 Å². The van der Waals surface area contributed by atoms with Gasteiger partial charge in [-0.1, -0.05) is 29.3 Å². The van der Waals surface area contributed by atoms with E-state index in [1.807, 2.05) is 65.0 Å². The van der Waals surface area contributed by atoms with Gasteiger partial charge in [-0.2, -0.15) is 0 Å². The Morgan fingerprint density at radius 3 is 2.41 bits per heavy atom. The highest BCUT2D eigenvalue weighted by atomic mass is 35.5. The zero-order chi connectivity index (χ0) is 20.0. The second-order valence-corrected chi connectivity index (χ2v) is 6.88. The maximum absolute atomic E-state index is 12.2. The molecule has 1 unspecified atom stereocenters. The zero-order valence-electron chi connectivity index (χ0n) is 16.5. The van der Waals surface area contributed by atoms with Crippen LogP contribution in [0.15, 0.2) is 30.3 Å². The number of ether oxygens (including phenoxy) is 2. The van der Waals surface area contributed by atoms with Crippen molar-refractivity contribution in [1.29, 1.82) is 0 Å². The molecule has 0 saturated carbocycles. The number of halogens is 1. The molecule has 1 atom stereocenters. The predicted octanol–water partition coefficient (Wildman–Crippen LogP) is 5.06. The molecule has 2 amide bonds. The molecular weight excluding hydrogens is 364 g/mol. The van der Waals surface area contributed by atoms with Crippen molar-refractivity contribution in [1.82, 2.24) is 10.6 Å². The molecule has 2 N–H and O–H groups in total. The lowest BCUT2D eigenvalue weighted by Crippen LogP contribution is -2.39. The number of carbonyl (C=O) groups is 1. The molecule has 0 saturated heterocycles. The molecule has 0 aliphatic heterocycles. The van der Waals surface area contributed by atoms with Gasteiger partial charge in [-0.25, -0.2) is 4.79 Å². The molecule has 2 rings (SSSR count). The maximum Gasteiger partial charge on any atom is 0.317 e. The SMILES string of the molecule is CCOc1ccc(C)cc1C(C)NC(=O)NCOc1cc(C)c(Cl)c(C)c1. The standard InChI is InChI=1S/C21H27ClN2O3/c1-6-26-19-8-7-13(2)9-18(19)16(5)24-21(25)23-12-27-17-10-14(3)20(22)15(4)11-17/h7-11,16H,6,12H2,1-5H3,(H2,23,24,25). The van der Waals surface area contributed by atoms with Crippen molar-refractivity contribution in [3.8, 4) is 11.5 Å². The van der Waals surface area contributed by atoms with E-state index in [-0.39, 0.29) is 18.8 Å². The number of rotatable bonds is 7. The minimum Gasteiger partial charge on any atom is -0.494 e. The lowest BCUT2D eigenvalue weighted by molar-refractivity contribution is 0.221. The van der Waals surface area contributed by atoms with Crippen molar-refractivity contribution in [3.05, 3.63) is 57.6 Å². The third-order valence-electron chi connectivity index (χ3n) is 4.16.